The maximum absolute atomic E-state index is 12.8. The normalized spacial score (nSPS) is 12.7. The van der Waals surface area contributed by atoms with Crippen molar-refractivity contribution in [2.75, 3.05) is 0 Å². The predicted molar refractivity (Wildman–Crippen MR) is 77.3 cm³/mol. The molecule has 126 valence electrons. The number of halogens is 3. The van der Waals surface area contributed by atoms with Gasteiger partial charge in [0.2, 0.25) is 5.09 Å². The molecule has 0 fully saturated rings. The fourth-order valence-electron chi connectivity index (χ4n) is 2.26. The summed E-state index contributed by atoms with van der Waals surface area (Å²) in [6.07, 6.45) is -3.60. The maximum Gasteiger partial charge on any atom is 0.416 e. The molecule has 0 saturated heterocycles. The molecule has 0 radical (unpaired) electrons. The summed E-state index contributed by atoms with van der Waals surface area (Å²) in [4.78, 5) is 3.62. The number of alkyl halides is 3. The number of sulfone groups is 1. The van der Waals surface area contributed by atoms with E-state index in [4.69, 9.17) is 4.42 Å². The Labute approximate surface area is 134 Å². The number of fused-ring (bicyclic) bond motifs is 1. The van der Waals surface area contributed by atoms with Gasteiger partial charge >= 0.3 is 6.18 Å². The molecule has 1 N–H and O–H groups in total. The highest BCUT2D eigenvalue weighted by atomic mass is 32.2. The van der Waals surface area contributed by atoms with E-state index in [9.17, 15) is 26.7 Å². The molecular weight excluding hydrogens is 347 g/mol. The van der Waals surface area contributed by atoms with Gasteiger partial charge < -0.3 is 9.52 Å². The number of aromatic hydroxyl groups is 1. The minimum absolute atomic E-state index is 0.0258. The van der Waals surface area contributed by atoms with Crippen molar-refractivity contribution in [1.29, 1.82) is 0 Å². The average Bonchev–Trinajstić information content (AvgIpc) is 2.84. The van der Waals surface area contributed by atoms with Crippen LogP contribution in [-0.2, 0) is 16.0 Å². The summed E-state index contributed by atoms with van der Waals surface area (Å²) < 4.78 is 68.8. The zero-order valence-corrected chi connectivity index (χ0v) is 12.9. The van der Waals surface area contributed by atoms with Crippen molar-refractivity contribution in [3.05, 3.63) is 47.7 Å². The van der Waals surface area contributed by atoms with Crippen LogP contribution in [-0.4, -0.2) is 18.5 Å². The summed E-state index contributed by atoms with van der Waals surface area (Å²) in [5.41, 5.74) is -0.811. The van der Waals surface area contributed by atoms with Gasteiger partial charge in [-0.15, -0.1) is 0 Å². The Balaban J connectivity index is 2.20. The highest BCUT2D eigenvalue weighted by molar-refractivity contribution is 7.91. The molecule has 3 aromatic rings. The van der Waals surface area contributed by atoms with Crippen molar-refractivity contribution in [1.82, 2.24) is 4.98 Å². The monoisotopic (exact) mass is 357 g/mol. The zero-order chi connectivity index (χ0) is 17.7. The average molecular weight is 357 g/mol. The van der Waals surface area contributed by atoms with Crippen molar-refractivity contribution in [3.63, 3.8) is 0 Å². The molecule has 0 amide bonds. The van der Waals surface area contributed by atoms with E-state index in [2.05, 4.69) is 4.98 Å². The number of pyridine rings is 1. The Morgan fingerprint density at radius 3 is 2.46 bits per heavy atom. The van der Waals surface area contributed by atoms with E-state index in [0.717, 1.165) is 36.5 Å². The summed E-state index contributed by atoms with van der Waals surface area (Å²) in [5, 5.41) is 8.39. The Bertz CT molecular complexity index is 1020. The Hall–Kier alpha value is -2.55. The Kier molecular flexibility index (Phi) is 3.56. The van der Waals surface area contributed by atoms with Crippen LogP contribution in [0.5, 0.6) is 5.75 Å². The number of hydrogen-bond donors (Lipinski definition) is 1. The van der Waals surface area contributed by atoms with E-state index in [1.54, 1.807) is 0 Å². The SMILES string of the molecule is Cc1c(S(=O)(=O)c2ccc(O)cn2)oc2ccc(C(F)(F)F)cc12. The van der Waals surface area contributed by atoms with E-state index in [1.165, 1.54) is 6.92 Å². The summed E-state index contributed by atoms with van der Waals surface area (Å²) in [5.74, 6) is -0.218. The van der Waals surface area contributed by atoms with Crippen LogP contribution >= 0.6 is 0 Å². The minimum Gasteiger partial charge on any atom is -0.506 e. The summed E-state index contributed by atoms with van der Waals surface area (Å²) in [6.45, 7) is 1.36. The lowest BCUT2D eigenvalue weighted by atomic mass is 10.1. The number of hydrogen-bond acceptors (Lipinski definition) is 5. The van der Waals surface area contributed by atoms with Crippen LogP contribution < -0.4 is 0 Å². The smallest absolute Gasteiger partial charge is 0.416 e. The number of aryl methyl sites for hydroxylation is 1. The van der Waals surface area contributed by atoms with Crippen LogP contribution in [0.2, 0.25) is 0 Å². The number of furan rings is 1. The predicted octanol–water partition coefficient (Wildman–Crippen LogP) is 3.69. The Morgan fingerprint density at radius 2 is 1.88 bits per heavy atom. The number of rotatable bonds is 2. The first-order chi connectivity index (χ1) is 11.1. The molecule has 5 nitrogen and oxygen atoms in total. The largest absolute Gasteiger partial charge is 0.506 e. The topological polar surface area (TPSA) is 80.4 Å². The van der Waals surface area contributed by atoms with Crippen LogP contribution in [0.3, 0.4) is 0 Å². The molecule has 0 atom stereocenters. The summed E-state index contributed by atoms with van der Waals surface area (Å²) >= 11 is 0. The quantitative estimate of drug-likeness (QED) is 0.756. The molecule has 0 spiro atoms. The van der Waals surface area contributed by atoms with Gasteiger partial charge in [0.15, 0.2) is 5.03 Å². The molecule has 0 aliphatic heterocycles. The second-order valence-electron chi connectivity index (χ2n) is 5.08. The first-order valence-corrected chi connectivity index (χ1v) is 8.09. The molecule has 0 aliphatic carbocycles. The lowest BCUT2D eigenvalue weighted by Gasteiger charge is -2.05. The van der Waals surface area contributed by atoms with Gasteiger partial charge in [-0.1, -0.05) is 0 Å². The van der Waals surface area contributed by atoms with E-state index in [-0.39, 0.29) is 27.3 Å². The molecular formula is C15H10F3NO4S. The molecule has 0 saturated carbocycles. The number of aromatic nitrogens is 1. The lowest BCUT2D eigenvalue weighted by molar-refractivity contribution is -0.137. The Morgan fingerprint density at radius 1 is 1.17 bits per heavy atom. The third-order valence-corrected chi connectivity index (χ3v) is 5.13. The fraction of sp³-hybridized carbons (Fsp3) is 0.133. The van der Waals surface area contributed by atoms with E-state index in [0.29, 0.717) is 0 Å². The number of benzene rings is 1. The zero-order valence-electron chi connectivity index (χ0n) is 12.1. The second-order valence-corrected chi connectivity index (χ2v) is 6.88. The molecule has 0 bridgehead atoms. The van der Waals surface area contributed by atoms with Crippen LogP contribution in [0.4, 0.5) is 13.2 Å². The molecule has 0 unspecified atom stereocenters. The van der Waals surface area contributed by atoms with Crippen LogP contribution in [0.15, 0.2) is 51.1 Å². The molecule has 9 heteroatoms. The molecule has 0 aliphatic rings. The van der Waals surface area contributed by atoms with Crippen molar-refractivity contribution in [2.45, 2.75) is 23.2 Å². The lowest BCUT2D eigenvalue weighted by Crippen LogP contribution is -2.04. The summed E-state index contributed by atoms with van der Waals surface area (Å²) in [6, 6.07) is 4.96. The highest BCUT2D eigenvalue weighted by Crippen LogP contribution is 2.36. The number of nitrogens with zero attached hydrogens (tertiary/aromatic N) is 1. The molecule has 24 heavy (non-hydrogen) atoms. The third kappa shape index (κ3) is 2.60. The van der Waals surface area contributed by atoms with Crippen LogP contribution in [0.25, 0.3) is 11.0 Å². The molecule has 2 aromatic heterocycles. The van der Waals surface area contributed by atoms with Crippen molar-refractivity contribution in [2.24, 2.45) is 0 Å². The standard InChI is InChI=1S/C15H10F3NO4S/c1-8-11-6-9(15(16,17)18)2-4-12(11)23-14(8)24(21,22)13-5-3-10(20)7-19-13/h2-7,20H,1H3. The van der Waals surface area contributed by atoms with Gasteiger partial charge in [-0.05, 0) is 37.3 Å². The van der Waals surface area contributed by atoms with Crippen molar-refractivity contribution < 1.29 is 31.1 Å². The van der Waals surface area contributed by atoms with Gasteiger partial charge in [-0.2, -0.15) is 13.2 Å². The molecule has 3 rings (SSSR count). The van der Waals surface area contributed by atoms with Crippen molar-refractivity contribution in [3.8, 4) is 5.75 Å². The maximum atomic E-state index is 12.8. The second kappa shape index (κ2) is 5.23. The van der Waals surface area contributed by atoms with Gasteiger partial charge in [0, 0.05) is 10.9 Å². The third-order valence-electron chi connectivity index (χ3n) is 3.46. The minimum atomic E-state index is -4.55. The molecule has 1 aromatic carbocycles. The fourth-order valence-corrected chi connectivity index (χ4v) is 3.60. The van der Waals surface area contributed by atoms with Crippen LogP contribution in [0, 0.1) is 6.92 Å². The molecule has 2 heterocycles. The van der Waals surface area contributed by atoms with Gasteiger partial charge in [-0.25, -0.2) is 13.4 Å². The van der Waals surface area contributed by atoms with Gasteiger partial charge in [0.25, 0.3) is 9.84 Å². The van der Waals surface area contributed by atoms with Crippen molar-refractivity contribution >= 4 is 20.8 Å². The highest BCUT2D eigenvalue weighted by Gasteiger charge is 2.32. The van der Waals surface area contributed by atoms with E-state index < -0.39 is 26.7 Å². The van der Waals surface area contributed by atoms with Crippen LogP contribution in [0.1, 0.15) is 11.1 Å². The first kappa shape index (κ1) is 16.3. The van der Waals surface area contributed by atoms with E-state index in [1.807, 2.05) is 0 Å². The first-order valence-electron chi connectivity index (χ1n) is 6.61. The van der Waals surface area contributed by atoms with Gasteiger partial charge in [-0.3, -0.25) is 0 Å². The van der Waals surface area contributed by atoms with E-state index >= 15 is 0 Å². The van der Waals surface area contributed by atoms with Gasteiger partial charge in [0.1, 0.15) is 11.3 Å². The van der Waals surface area contributed by atoms with Gasteiger partial charge in [0.05, 0.1) is 11.8 Å². The summed E-state index contributed by atoms with van der Waals surface area (Å²) in [7, 11) is -4.17.